The Morgan fingerprint density at radius 1 is 1.43 bits per heavy atom. The SMILES string of the molecule is O=C(NCCCCCBr)c1ccsc1. The minimum atomic E-state index is 0.0464. The maximum atomic E-state index is 11.4. The second-order valence-corrected chi connectivity index (χ2v) is 4.59. The van der Waals surface area contributed by atoms with E-state index < -0.39 is 0 Å². The van der Waals surface area contributed by atoms with Crippen LogP contribution >= 0.6 is 27.3 Å². The number of hydrogen-bond acceptors (Lipinski definition) is 2. The molecule has 0 radical (unpaired) electrons. The molecular formula is C10H14BrNOS. The summed E-state index contributed by atoms with van der Waals surface area (Å²) in [6.07, 6.45) is 3.39. The molecule has 1 aromatic rings. The Hall–Kier alpha value is -0.350. The van der Waals surface area contributed by atoms with Crippen molar-refractivity contribution in [2.24, 2.45) is 0 Å². The third kappa shape index (κ3) is 4.24. The monoisotopic (exact) mass is 275 g/mol. The first kappa shape index (κ1) is 11.7. The van der Waals surface area contributed by atoms with Crippen molar-refractivity contribution in [2.75, 3.05) is 11.9 Å². The van der Waals surface area contributed by atoms with E-state index >= 15 is 0 Å². The number of unbranched alkanes of at least 4 members (excludes halogenated alkanes) is 2. The number of alkyl halides is 1. The van der Waals surface area contributed by atoms with Crippen LogP contribution in [-0.2, 0) is 0 Å². The topological polar surface area (TPSA) is 29.1 Å². The average Bonchev–Trinajstić information content (AvgIpc) is 2.70. The summed E-state index contributed by atoms with van der Waals surface area (Å²) < 4.78 is 0. The van der Waals surface area contributed by atoms with Crippen LogP contribution in [0.2, 0.25) is 0 Å². The van der Waals surface area contributed by atoms with Crippen molar-refractivity contribution in [2.45, 2.75) is 19.3 Å². The molecule has 1 amide bonds. The molecule has 0 saturated carbocycles. The van der Waals surface area contributed by atoms with Crippen LogP contribution in [0.15, 0.2) is 16.8 Å². The molecule has 0 spiro atoms. The number of halogens is 1. The van der Waals surface area contributed by atoms with Crippen molar-refractivity contribution in [3.63, 3.8) is 0 Å². The number of thiophene rings is 1. The van der Waals surface area contributed by atoms with Gasteiger partial charge < -0.3 is 5.32 Å². The molecule has 0 aromatic carbocycles. The molecule has 0 atom stereocenters. The molecule has 0 aliphatic carbocycles. The summed E-state index contributed by atoms with van der Waals surface area (Å²) >= 11 is 4.92. The summed E-state index contributed by atoms with van der Waals surface area (Å²) in [5.74, 6) is 0.0464. The Kier molecular flexibility index (Phi) is 5.87. The summed E-state index contributed by atoms with van der Waals surface area (Å²) in [5, 5.41) is 7.73. The van der Waals surface area contributed by atoms with E-state index in [-0.39, 0.29) is 5.91 Å². The Bertz CT molecular complexity index is 261. The fraction of sp³-hybridized carbons (Fsp3) is 0.500. The largest absolute Gasteiger partial charge is 0.352 e. The van der Waals surface area contributed by atoms with Gasteiger partial charge in [0, 0.05) is 22.8 Å². The van der Waals surface area contributed by atoms with Crippen LogP contribution in [0.1, 0.15) is 29.6 Å². The fourth-order valence-electron chi connectivity index (χ4n) is 1.09. The Morgan fingerprint density at radius 2 is 2.29 bits per heavy atom. The highest BCUT2D eigenvalue weighted by molar-refractivity contribution is 9.09. The van der Waals surface area contributed by atoms with Crippen molar-refractivity contribution < 1.29 is 4.79 Å². The first-order chi connectivity index (χ1) is 6.84. The minimum Gasteiger partial charge on any atom is -0.352 e. The normalized spacial score (nSPS) is 10.1. The van der Waals surface area contributed by atoms with Crippen molar-refractivity contribution in [3.05, 3.63) is 22.4 Å². The van der Waals surface area contributed by atoms with Crippen LogP contribution in [0.4, 0.5) is 0 Å². The fourth-order valence-corrected chi connectivity index (χ4v) is 2.13. The van der Waals surface area contributed by atoms with E-state index in [4.69, 9.17) is 0 Å². The molecule has 0 aliphatic rings. The predicted octanol–water partition coefficient (Wildman–Crippen LogP) is 3.04. The van der Waals surface area contributed by atoms with E-state index in [0.717, 1.165) is 30.3 Å². The van der Waals surface area contributed by atoms with E-state index in [1.54, 1.807) is 11.3 Å². The second kappa shape index (κ2) is 7.01. The van der Waals surface area contributed by atoms with Crippen LogP contribution in [0, 0.1) is 0 Å². The molecule has 1 heterocycles. The standard InChI is InChI=1S/C10H14BrNOS/c11-5-2-1-3-6-12-10(13)9-4-7-14-8-9/h4,7-8H,1-3,5-6H2,(H,12,13). The molecule has 1 N–H and O–H groups in total. The molecule has 0 aliphatic heterocycles. The van der Waals surface area contributed by atoms with Gasteiger partial charge in [-0.1, -0.05) is 22.4 Å². The highest BCUT2D eigenvalue weighted by atomic mass is 79.9. The third-order valence-electron chi connectivity index (χ3n) is 1.88. The van der Waals surface area contributed by atoms with E-state index in [1.807, 2.05) is 16.8 Å². The van der Waals surface area contributed by atoms with Crippen molar-refractivity contribution >= 4 is 33.2 Å². The van der Waals surface area contributed by atoms with Crippen LogP contribution in [0.3, 0.4) is 0 Å². The van der Waals surface area contributed by atoms with Gasteiger partial charge in [-0.25, -0.2) is 0 Å². The molecule has 1 aromatic heterocycles. The lowest BCUT2D eigenvalue weighted by Crippen LogP contribution is -2.23. The van der Waals surface area contributed by atoms with Crippen LogP contribution < -0.4 is 5.32 Å². The molecular weight excluding hydrogens is 262 g/mol. The highest BCUT2D eigenvalue weighted by Crippen LogP contribution is 2.05. The van der Waals surface area contributed by atoms with Crippen LogP contribution in [-0.4, -0.2) is 17.8 Å². The maximum Gasteiger partial charge on any atom is 0.252 e. The van der Waals surface area contributed by atoms with Gasteiger partial charge in [-0.2, -0.15) is 11.3 Å². The zero-order valence-electron chi connectivity index (χ0n) is 7.96. The van der Waals surface area contributed by atoms with Gasteiger partial charge in [0.25, 0.3) is 5.91 Å². The molecule has 14 heavy (non-hydrogen) atoms. The maximum absolute atomic E-state index is 11.4. The van der Waals surface area contributed by atoms with Crippen LogP contribution in [0.5, 0.6) is 0 Å². The van der Waals surface area contributed by atoms with E-state index in [9.17, 15) is 4.79 Å². The predicted molar refractivity (Wildman–Crippen MR) is 64.3 cm³/mol. The Balaban J connectivity index is 2.10. The molecule has 1 rings (SSSR count). The summed E-state index contributed by atoms with van der Waals surface area (Å²) in [6, 6.07) is 1.85. The minimum absolute atomic E-state index is 0.0464. The number of rotatable bonds is 6. The van der Waals surface area contributed by atoms with Gasteiger partial charge in [0.15, 0.2) is 0 Å². The molecule has 0 bridgehead atoms. The van der Waals surface area contributed by atoms with Gasteiger partial charge in [-0.05, 0) is 24.3 Å². The van der Waals surface area contributed by atoms with Gasteiger partial charge in [-0.3, -0.25) is 4.79 Å². The molecule has 0 fully saturated rings. The Labute approximate surface area is 96.8 Å². The van der Waals surface area contributed by atoms with Crippen molar-refractivity contribution in [1.29, 1.82) is 0 Å². The molecule has 2 nitrogen and oxygen atoms in total. The zero-order valence-corrected chi connectivity index (χ0v) is 10.4. The summed E-state index contributed by atoms with van der Waals surface area (Å²) in [6.45, 7) is 0.779. The summed E-state index contributed by atoms with van der Waals surface area (Å²) in [7, 11) is 0. The van der Waals surface area contributed by atoms with E-state index in [0.29, 0.717) is 0 Å². The lowest BCUT2D eigenvalue weighted by molar-refractivity contribution is 0.0953. The lowest BCUT2D eigenvalue weighted by atomic mass is 10.2. The second-order valence-electron chi connectivity index (χ2n) is 3.02. The number of amides is 1. The van der Waals surface area contributed by atoms with Gasteiger partial charge >= 0.3 is 0 Å². The van der Waals surface area contributed by atoms with Crippen molar-refractivity contribution in [3.8, 4) is 0 Å². The third-order valence-corrected chi connectivity index (χ3v) is 3.12. The van der Waals surface area contributed by atoms with Gasteiger partial charge in [-0.15, -0.1) is 0 Å². The smallest absolute Gasteiger partial charge is 0.252 e. The molecule has 0 saturated heterocycles. The Morgan fingerprint density at radius 3 is 2.93 bits per heavy atom. The number of carbonyl (C=O) groups excluding carboxylic acids is 1. The number of carbonyl (C=O) groups is 1. The first-order valence-electron chi connectivity index (χ1n) is 4.71. The van der Waals surface area contributed by atoms with Crippen molar-refractivity contribution in [1.82, 2.24) is 5.32 Å². The first-order valence-corrected chi connectivity index (χ1v) is 6.77. The quantitative estimate of drug-likeness (QED) is 0.628. The number of hydrogen-bond donors (Lipinski definition) is 1. The van der Waals surface area contributed by atoms with Gasteiger partial charge in [0.1, 0.15) is 0 Å². The number of nitrogens with one attached hydrogen (secondary N) is 1. The molecule has 78 valence electrons. The summed E-state index contributed by atoms with van der Waals surface area (Å²) in [5.41, 5.74) is 0.774. The van der Waals surface area contributed by atoms with E-state index in [2.05, 4.69) is 21.2 Å². The summed E-state index contributed by atoms with van der Waals surface area (Å²) in [4.78, 5) is 11.4. The highest BCUT2D eigenvalue weighted by Gasteiger charge is 2.03. The van der Waals surface area contributed by atoms with Gasteiger partial charge in [0.2, 0.25) is 0 Å². The molecule has 0 unspecified atom stereocenters. The van der Waals surface area contributed by atoms with Gasteiger partial charge in [0.05, 0.1) is 0 Å². The zero-order chi connectivity index (χ0) is 10.2. The average molecular weight is 276 g/mol. The molecule has 4 heteroatoms. The van der Waals surface area contributed by atoms with E-state index in [1.165, 1.54) is 6.42 Å². The van der Waals surface area contributed by atoms with Crippen LogP contribution in [0.25, 0.3) is 0 Å². The lowest BCUT2D eigenvalue weighted by Gasteiger charge is -2.02.